The van der Waals surface area contributed by atoms with Crippen LogP contribution in [0.3, 0.4) is 0 Å². The van der Waals surface area contributed by atoms with E-state index in [2.05, 4.69) is 5.32 Å². The number of rotatable bonds is 7. The van der Waals surface area contributed by atoms with Crippen molar-refractivity contribution < 1.29 is 14.3 Å². The number of carbonyl (C=O) groups excluding carboxylic acids is 1. The highest BCUT2D eigenvalue weighted by molar-refractivity contribution is 5.94. The summed E-state index contributed by atoms with van der Waals surface area (Å²) in [5.41, 5.74) is 1.80. The molecule has 1 atom stereocenters. The Morgan fingerprint density at radius 3 is 2.17 bits per heavy atom. The van der Waals surface area contributed by atoms with Gasteiger partial charge < -0.3 is 14.8 Å². The van der Waals surface area contributed by atoms with Gasteiger partial charge in [0, 0.05) is 5.56 Å². The van der Waals surface area contributed by atoms with Crippen LogP contribution in [-0.2, 0) is 0 Å². The molecule has 0 aliphatic heterocycles. The van der Waals surface area contributed by atoms with Crippen molar-refractivity contribution in [2.75, 3.05) is 13.2 Å². The fraction of sp³-hybridized carbons (Fsp3) is 0.316. The molecule has 0 bridgehead atoms. The van der Waals surface area contributed by atoms with Crippen LogP contribution in [0.25, 0.3) is 0 Å². The Balaban J connectivity index is 1.82. The summed E-state index contributed by atoms with van der Waals surface area (Å²) in [4.78, 5) is 12.2. The first-order chi connectivity index (χ1) is 11.1. The van der Waals surface area contributed by atoms with Crippen LogP contribution in [0.1, 0.15) is 29.8 Å². The van der Waals surface area contributed by atoms with Crippen LogP contribution in [0.4, 0.5) is 0 Å². The fourth-order valence-corrected chi connectivity index (χ4v) is 2.07. The molecule has 1 unspecified atom stereocenters. The molecule has 1 amide bonds. The molecule has 122 valence electrons. The minimum atomic E-state index is -0.118. The topological polar surface area (TPSA) is 47.6 Å². The Morgan fingerprint density at radius 2 is 1.57 bits per heavy atom. The zero-order valence-corrected chi connectivity index (χ0v) is 13.8. The van der Waals surface area contributed by atoms with Crippen molar-refractivity contribution >= 4 is 5.91 Å². The Bertz CT molecular complexity index is 620. The number of hydrogen-bond acceptors (Lipinski definition) is 3. The van der Waals surface area contributed by atoms with Crippen molar-refractivity contribution in [1.82, 2.24) is 5.32 Å². The molecule has 0 heterocycles. The lowest BCUT2D eigenvalue weighted by atomic mass is 10.2. The van der Waals surface area contributed by atoms with Crippen LogP contribution >= 0.6 is 0 Å². The summed E-state index contributed by atoms with van der Waals surface area (Å²) in [6, 6.07) is 14.9. The SMILES string of the molecule is CCOc1ccc(C(=O)NC(C)COc2ccc(C)cc2)cc1. The van der Waals surface area contributed by atoms with Gasteiger partial charge in [-0.3, -0.25) is 4.79 Å². The van der Waals surface area contributed by atoms with Crippen molar-refractivity contribution in [3.05, 3.63) is 59.7 Å². The van der Waals surface area contributed by atoms with Crippen LogP contribution in [0, 0.1) is 6.92 Å². The summed E-state index contributed by atoms with van der Waals surface area (Å²) >= 11 is 0. The summed E-state index contributed by atoms with van der Waals surface area (Å²) in [5, 5.41) is 2.92. The van der Waals surface area contributed by atoms with Gasteiger partial charge in [0.25, 0.3) is 5.91 Å². The molecule has 0 aliphatic carbocycles. The molecular weight excluding hydrogens is 290 g/mol. The van der Waals surface area contributed by atoms with Gasteiger partial charge in [-0.25, -0.2) is 0 Å². The van der Waals surface area contributed by atoms with Gasteiger partial charge >= 0.3 is 0 Å². The maximum absolute atomic E-state index is 12.2. The molecule has 0 aliphatic rings. The van der Waals surface area contributed by atoms with Crippen molar-refractivity contribution in [2.45, 2.75) is 26.8 Å². The smallest absolute Gasteiger partial charge is 0.251 e. The number of amides is 1. The fourth-order valence-electron chi connectivity index (χ4n) is 2.07. The monoisotopic (exact) mass is 313 g/mol. The highest BCUT2D eigenvalue weighted by Crippen LogP contribution is 2.13. The predicted octanol–water partition coefficient (Wildman–Crippen LogP) is 3.59. The number of carbonyl (C=O) groups is 1. The maximum Gasteiger partial charge on any atom is 0.251 e. The maximum atomic E-state index is 12.2. The van der Waals surface area contributed by atoms with Crippen LogP contribution < -0.4 is 14.8 Å². The van der Waals surface area contributed by atoms with Crippen molar-refractivity contribution in [2.24, 2.45) is 0 Å². The summed E-state index contributed by atoms with van der Waals surface area (Å²) in [6.07, 6.45) is 0. The van der Waals surface area contributed by atoms with Crippen LogP contribution in [0.15, 0.2) is 48.5 Å². The van der Waals surface area contributed by atoms with Gasteiger partial charge in [-0.05, 0) is 57.2 Å². The van der Waals surface area contributed by atoms with E-state index in [0.717, 1.165) is 11.5 Å². The molecule has 4 nitrogen and oxygen atoms in total. The Morgan fingerprint density at radius 1 is 1.00 bits per heavy atom. The first-order valence-corrected chi connectivity index (χ1v) is 7.81. The van der Waals surface area contributed by atoms with Crippen LogP contribution in [0.2, 0.25) is 0 Å². The second-order valence-electron chi connectivity index (χ2n) is 5.46. The summed E-state index contributed by atoms with van der Waals surface area (Å²) in [7, 11) is 0. The van der Waals surface area contributed by atoms with E-state index in [1.54, 1.807) is 24.3 Å². The molecule has 1 N–H and O–H groups in total. The summed E-state index contributed by atoms with van der Waals surface area (Å²) in [5.74, 6) is 1.45. The van der Waals surface area contributed by atoms with Gasteiger partial charge in [0.05, 0.1) is 12.6 Å². The van der Waals surface area contributed by atoms with E-state index in [1.807, 2.05) is 45.0 Å². The van der Waals surface area contributed by atoms with E-state index in [9.17, 15) is 4.79 Å². The number of nitrogens with one attached hydrogen (secondary N) is 1. The molecule has 0 aromatic heterocycles. The van der Waals surface area contributed by atoms with E-state index < -0.39 is 0 Å². The average molecular weight is 313 g/mol. The third-order valence-corrected chi connectivity index (χ3v) is 3.33. The molecule has 0 saturated carbocycles. The molecule has 2 aromatic rings. The molecule has 4 heteroatoms. The molecule has 2 aromatic carbocycles. The number of benzene rings is 2. The molecule has 0 saturated heterocycles. The molecule has 2 rings (SSSR count). The van der Waals surface area contributed by atoms with E-state index in [1.165, 1.54) is 5.56 Å². The second-order valence-corrected chi connectivity index (χ2v) is 5.46. The standard InChI is InChI=1S/C19H23NO3/c1-4-22-17-11-7-16(8-12-17)19(21)20-15(3)13-23-18-9-5-14(2)6-10-18/h5-12,15H,4,13H2,1-3H3,(H,20,21). The lowest BCUT2D eigenvalue weighted by Crippen LogP contribution is -2.36. The molecule has 0 radical (unpaired) electrons. The quantitative estimate of drug-likeness (QED) is 0.850. The van der Waals surface area contributed by atoms with Gasteiger partial charge in [-0.2, -0.15) is 0 Å². The molecule has 0 spiro atoms. The first-order valence-electron chi connectivity index (χ1n) is 7.81. The minimum absolute atomic E-state index is 0.0876. The van der Waals surface area contributed by atoms with Crippen molar-refractivity contribution in [3.63, 3.8) is 0 Å². The third-order valence-electron chi connectivity index (χ3n) is 3.33. The zero-order valence-electron chi connectivity index (χ0n) is 13.8. The van der Waals surface area contributed by atoms with E-state index in [4.69, 9.17) is 9.47 Å². The highest BCUT2D eigenvalue weighted by Gasteiger charge is 2.10. The Hall–Kier alpha value is -2.49. The zero-order chi connectivity index (χ0) is 16.7. The lowest BCUT2D eigenvalue weighted by molar-refractivity contribution is 0.0926. The lowest BCUT2D eigenvalue weighted by Gasteiger charge is -2.15. The van der Waals surface area contributed by atoms with Gasteiger partial charge in [0.1, 0.15) is 18.1 Å². The largest absolute Gasteiger partial charge is 0.494 e. The Labute approximate surface area is 137 Å². The molecular formula is C19H23NO3. The summed E-state index contributed by atoms with van der Waals surface area (Å²) in [6.45, 7) is 6.91. The first kappa shape index (κ1) is 16.9. The van der Waals surface area contributed by atoms with Gasteiger partial charge in [0.2, 0.25) is 0 Å². The van der Waals surface area contributed by atoms with Crippen molar-refractivity contribution in [1.29, 1.82) is 0 Å². The normalized spacial score (nSPS) is 11.6. The average Bonchev–Trinajstić information content (AvgIpc) is 2.55. The number of ether oxygens (including phenoxy) is 2. The third kappa shape index (κ3) is 5.33. The van der Waals surface area contributed by atoms with Crippen LogP contribution in [0.5, 0.6) is 11.5 Å². The van der Waals surface area contributed by atoms with E-state index in [-0.39, 0.29) is 11.9 Å². The van der Waals surface area contributed by atoms with E-state index >= 15 is 0 Å². The highest BCUT2D eigenvalue weighted by atomic mass is 16.5. The summed E-state index contributed by atoms with van der Waals surface area (Å²) < 4.78 is 11.0. The van der Waals surface area contributed by atoms with Crippen LogP contribution in [-0.4, -0.2) is 25.2 Å². The predicted molar refractivity (Wildman–Crippen MR) is 91.2 cm³/mol. The number of hydrogen-bond donors (Lipinski definition) is 1. The number of aryl methyl sites for hydroxylation is 1. The minimum Gasteiger partial charge on any atom is -0.494 e. The van der Waals surface area contributed by atoms with E-state index in [0.29, 0.717) is 18.8 Å². The molecule has 0 fully saturated rings. The molecule has 23 heavy (non-hydrogen) atoms. The van der Waals surface area contributed by atoms with Gasteiger partial charge in [-0.1, -0.05) is 17.7 Å². The van der Waals surface area contributed by atoms with Crippen molar-refractivity contribution in [3.8, 4) is 11.5 Å². The Kier molecular flexibility index (Phi) is 6.03. The second kappa shape index (κ2) is 8.22. The van der Waals surface area contributed by atoms with Gasteiger partial charge in [-0.15, -0.1) is 0 Å². The van der Waals surface area contributed by atoms with Gasteiger partial charge in [0.15, 0.2) is 0 Å².